The van der Waals surface area contributed by atoms with Gasteiger partial charge in [-0.3, -0.25) is 4.79 Å². The van der Waals surface area contributed by atoms with Crippen molar-refractivity contribution < 1.29 is 4.79 Å². The fourth-order valence-electron chi connectivity index (χ4n) is 3.53. The Morgan fingerprint density at radius 1 is 1.07 bits per heavy atom. The zero-order valence-corrected chi connectivity index (χ0v) is 17.0. The third kappa shape index (κ3) is 4.49. The molecule has 2 heterocycles. The molecule has 1 amide bonds. The van der Waals surface area contributed by atoms with Crippen molar-refractivity contribution in [1.29, 1.82) is 0 Å². The van der Waals surface area contributed by atoms with Gasteiger partial charge in [0.2, 0.25) is 0 Å². The number of carbonyl (C=O) groups is 1. The minimum atomic E-state index is -0.0940. The van der Waals surface area contributed by atoms with Crippen LogP contribution in [0, 0.1) is 0 Å². The van der Waals surface area contributed by atoms with Crippen molar-refractivity contribution in [3.63, 3.8) is 0 Å². The van der Waals surface area contributed by atoms with Crippen LogP contribution in [0.15, 0.2) is 73.2 Å². The molecule has 0 aliphatic carbocycles. The molecule has 0 saturated heterocycles. The maximum atomic E-state index is 12.9. The predicted octanol–water partition coefficient (Wildman–Crippen LogP) is 4.27. The Bertz CT molecular complexity index is 1120. The van der Waals surface area contributed by atoms with E-state index in [-0.39, 0.29) is 5.91 Å². The van der Waals surface area contributed by atoms with E-state index in [0.717, 1.165) is 17.5 Å². The molecule has 4 aromatic rings. The van der Waals surface area contributed by atoms with Crippen LogP contribution in [-0.4, -0.2) is 38.8 Å². The first-order valence-electron chi connectivity index (χ1n) is 10.2. The van der Waals surface area contributed by atoms with Gasteiger partial charge in [0, 0.05) is 42.8 Å². The van der Waals surface area contributed by atoms with Gasteiger partial charge in [0.05, 0.1) is 0 Å². The second-order valence-electron chi connectivity index (χ2n) is 7.13. The summed E-state index contributed by atoms with van der Waals surface area (Å²) in [5.41, 5.74) is 3.89. The van der Waals surface area contributed by atoms with Crippen LogP contribution in [0.5, 0.6) is 0 Å². The highest BCUT2D eigenvalue weighted by Gasteiger charge is 2.16. The Kier molecular flexibility index (Phi) is 6.03. The quantitative estimate of drug-likeness (QED) is 0.464. The highest BCUT2D eigenvalue weighted by atomic mass is 16.2. The largest absolute Gasteiger partial charge is 0.370 e. The van der Waals surface area contributed by atoms with Crippen LogP contribution in [0.3, 0.4) is 0 Å². The lowest BCUT2D eigenvalue weighted by Gasteiger charge is -2.20. The predicted molar refractivity (Wildman–Crippen MR) is 119 cm³/mol. The van der Waals surface area contributed by atoms with E-state index in [1.165, 1.54) is 17.3 Å². The Labute approximate surface area is 176 Å². The summed E-state index contributed by atoms with van der Waals surface area (Å²) in [6.07, 6.45) is 4.34. The molecule has 0 saturated carbocycles. The lowest BCUT2D eigenvalue weighted by molar-refractivity contribution is 0.0746. The molecule has 6 nitrogen and oxygen atoms in total. The summed E-state index contributed by atoms with van der Waals surface area (Å²) in [5.74, 6) is 0.562. The summed E-state index contributed by atoms with van der Waals surface area (Å²) >= 11 is 0. The van der Waals surface area contributed by atoms with Crippen LogP contribution < -0.4 is 5.32 Å². The molecule has 0 spiro atoms. The molecule has 30 heavy (non-hydrogen) atoms. The maximum absolute atomic E-state index is 12.9. The summed E-state index contributed by atoms with van der Waals surface area (Å²) < 4.78 is 0. The minimum absolute atomic E-state index is 0.0940. The number of rotatable bonds is 8. The van der Waals surface area contributed by atoms with Crippen molar-refractivity contribution in [3.8, 4) is 0 Å². The van der Waals surface area contributed by atoms with Crippen molar-refractivity contribution in [3.05, 3.63) is 90.0 Å². The van der Waals surface area contributed by atoms with Crippen LogP contribution in [-0.2, 0) is 13.0 Å². The van der Waals surface area contributed by atoms with E-state index in [1.807, 2.05) is 55.6 Å². The molecule has 2 N–H and O–H groups in total. The highest BCUT2D eigenvalue weighted by Crippen LogP contribution is 2.18. The lowest BCUT2D eigenvalue weighted by Crippen LogP contribution is -2.31. The number of benzene rings is 2. The summed E-state index contributed by atoms with van der Waals surface area (Å²) in [4.78, 5) is 26.5. The molecule has 0 aliphatic rings. The Hall–Kier alpha value is -3.67. The Balaban J connectivity index is 1.39. The van der Waals surface area contributed by atoms with E-state index in [1.54, 1.807) is 11.0 Å². The standard InChI is InChI=1S/C24H25N5O/c1-2-29(16-18-8-4-3-5-9-18)24(30)22-14-23(28-17-27-22)25-13-12-19-15-26-21-11-7-6-10-20(19)21/h3-11,14-15,17,26H,2,12-13,16H2,1H3,(H,25,27,28). The van der Waals surface area contributed by atoms with E-state index in [0.29, 0.717) is 31.1 Å². The molecule has 0 unspecified atom stereocenters. The number of H-pyrrole nitrogens is 1. The number of hydrogen-bond donors (Lipinski definition) is 2. The average Bonchev–Trinajstić information content (AvgIpc) is 3.21. The number of fused-ring (bicyclic) bond motifs is 1. The maximum Gasteiger partial charge on any atom is 0.272 e. The number of nitrogens with one attached hydrogen (secondary N) is 2. The van der Waals surface area contributed by atoms with Crippen molar-refractivity contribution in [2.24, 2.45) is 0 Å². The summed E-state index contributed by atoms with van der Waals surface area (Å²) in [6, 6.07) is 20.0. The molecule has 6 heteroatoms. The number of aromatic nitrogens is 3. The molecule has 0 aliphatic heterocycles. The topological polar surface area (TPSA) is 73.9 Å². The Morgan fingerprint density at radius 3 is 2.70 bits per heavy atom. The van der Waals surface area contributed by atoms with E-state index in [2.05, 4.69) is 32.4 Å². The molecule has 0 bridgehead atoms. The van der Waals surface area contributed by atoms with E-state index >= 15 is 0 Å². The van der Waals surface area contributed by atoms with Crippen molar-refractivity contribution >= 4 is 22.6 Å². The first-order valence-corrected chi connectivity index (χ1v) is 10.2. The van der Waals surface area contributed by atoms with Gasteiger partial charge in [-0.25, -0.2) is 9.97 Å². The van der Waals surface area contributed by atoms with Gasteiger partial charge in [-0.2, -0.15) is 0 Å². The second-order valence-corrected chi connectivity index (χ2v) is 7.13. The van der Waals surface area contributed by atoms with Crippen LogP contribution in [0.4, 0.5) is 5.82 Å². The van der Waals surface area contributed by atoms with Gasteiger partial charge < -0.3 is 15.2 Å². The number of nitrogens with zero attached hydrogens (tertiary/aromatic N) is 3. The molecule has 2 aromatic carbocycles. The van der Waals surface area contributed by atoms with Gasteiger partial charge in [-0.15, -0.1) is 0 Å². The highest BCUT2D eigenvalue weighted by molar-refractivity contribution is 5.92. The Morgan fingerprint density at radius 2 is 1.87 bits per heavy atom. The SMILES string of the molecule is CCN(Cc1ccccc1)C(=O)c1cc(NCCc2c[nH]c3ccccc23)ncn1. The normalized spacial score (nSPS) is 10.8. The number of carbonyl (C=O) groups excluding carboxylic acids is 1. The van der Waals surface area contributed by atoms with Gasteiger partial charge in [-0.1, -0.05) is 48.5 Å². The van der Waals surface area contributed by atoms with Gasteiger partial charge >= 0.3 is 0 Å². The lowest BCUT2D eigenvalue weighted by atomic mass is 10.1. The molecule has 0 radical (unpaired) electrons. The van der Waals surface area contributed by atoms with Crippen LogP contribution >= 0.6 is 0 Å². The number of anilines is 1. The number of hydrogen-bond acceptors (Lipinski definition) is 4. The molecule has 152 valence electrons. The average molecular weight is 399 g/mol. The van der Waals surface area contributed by atoms with Crippen LogP contribution in [0.25, 0.3) is 10.9 Å². The second kappa shape index (κ2) is 9.22. The number of aromatic amines is 1. The summed E-state index contributed by atoms with van der Waals surface area (Å²) in [5, 5.41) is 4.55. The molecule has 0 atom stereocenters. The van der Waals surface area contributed by atoms with E-state index in [4.69, 9.17) is 0 Å². The number of para-hydroxylation sites is 1. The first kappa shape index (κ1) is 19.6. The summed E-state index contributed by atoms with van der Waals surface area (Å²) in [6.45, 7) is 3.86. The van der Waals surface area contributed by atoms with E-state index < -0.39 is 0 Å². The summed E-state index contributed by atoms with van der Waals surface area (Å²) in [7, 11) is 0. The third-order valence-electron chi connectivity index (χ3n) is 5.15. The smallest absolute Gasteiger partial charge is 0.272 e. The minimum Gasteiger partial charge on any atom is -0.370 e. The molecular formula is C24H25N5O. The zero-order chi connectivity index (χ0) is 20.8. The van der Waals surface area contributed by atoms with Gasteiger partial charge in [-0.05, 0) is 30.5 Å². The number of amides is 1. The fourth-order valence-corrected chi connectivity index (χ4v) is 3.53. The zero-order valence-electron chi connectivity index (χ0n) is 17.0. The monoisotopic (exact) mass is 399 g/mol. The van der Waals surface area contributed by atoms with Crippen molar-refractivity contribution in [2.75, 3.05) is 18.4 Å². The molecule has 0 fully saturated rings. The third-order valence-corrected chi connectivity index (χ3v) is 5.15. The van der Waals surface area contributed by atoms with Gasteiger partial charge in [0.25, 0.3) is 5.91 Å². The molecular weight excluding hydrogens is 374 g/mol. The first-order chi connectivity index (χ1) is 14.7. The van der Waals surface area contributed by atoms with Crippen molar-refractivity contribution in [2.45, 2.75) is 19.9 Å². The fraction of sp³-hybridized carbons (Fsp3) is 0.208. The van der Waals surface area contributed by atoms with E-state index in [9.17, 15) is 4.79 Å². The molecule has 4 rings (SSSR count). The molecule has 2 aromatic heterocycles. The van der Waals surface area contributed by atoms with Gasteiger partial charge in [0.1, 0.15) is 17.8 Å². The van der Waals surface area contributed by atoms with Crippen LogP contribution in [0.1, 0.15) is 28.5 Å². The van der Waals surface area contributed by atoms with Crippen LogP contribution in [0.2, 0.25) is 0 Å². The van der Waals surface area contributed by atoms with Crippen molar-refractivity contribution in [1.82, 2.24) is 19.9 Å². The van der Waals surface area contributed by atoms with Gasteiger partial charge in [0.15, 0.2) is 0 Å².